The van der Waals surface area contributed by atoms with Crippen LogP contribution in [-0.2, 0) is 14.3 Å². The van der Waals surface area contributed by atoms with Crippen LogP contribution in [0.15, 0.2) is 15.8 Å². The minimum absolute atomic E-state index is 0.0815. The zero-order chi connectivity index (χ0) is 19.1. The van der Waals surface area contributed by atoms with E-state index in [2.05, 4.69) is 6.92 Å². The van der Waals surface area contributed by atoms with Gasteiger partial charge in [0.05, 0.1) is 12.8 Å². The van der Waals surface area contributed by atoms with Gasteiger partial charge in [0.2, 0.25) is 5.82 Å². The van der Waals surface area contributed by atoms with E-state index in [4.69, 9.17) is 9.47 Å². The van der Waals surface area contributed by atoms with Gasteiger partial charge in [0, 0.05) is 12.8 Å². The molecular weight excluding hydrogens is 347 g/mol. The molecule has 2 N–H and O–H groups in total. The number of halogens is 1. The van der Waals surface area contributed by atoms with E-state index in [1.54, 1.807) is 0 Å². The molecule has 1 aromatic rings. The number of carbonyl (C=O) groups is 1. The van der Waals surface area contributed by atoms with Crippen molar-refractivity contribution in [2.75, 3.05) is 6.61 Å². The van der Waals surface area contributed by atoms with Crippen molar-refractivity contribution in [1.29, 1.82) is 0 Å². The van der Waals surface area contributed by atoms with Crippen LogP contribution in [0, 0.1) is 5.82 Å². The average Bonchev–Trinajstić information content (AvgIpc) is 3.00. The zero-order valence-corrected chi connectivity index (χ0v) is 14.8. The Bertz CT molecular complexity index is 716. The minimum atomic E-state index is -1.12. The number of aliphatic hydroxyl groups excluding tert-OH is 1. The normalized spacial score (nSPS) is 22.5. The van der Waals surface area contributed by atoms with Crippen LogP contribution in [0.3, 0.4) is 0 Å². The van der Waals surface area contributed by atoms with E-state index >= 15 is 0 Å². The molecular formula is C17H25FN2O6. The van der Waals surface area contributed by atoms with Gasteiger partial charge in [0.15, 0.2) is 0 Å². The van der Waals surface area contributed by atoms with E-state index in [9.17, 15) is 23.9 Å². The predicted molar refractivity (Wildman–Crippen MR) is 90.1 cm³/mol. The number of esters is 1. The third-order valence-electron chi connectivity index (χ3n) is 4.36. The third kappa shape index (κ3) is 5.25. The fraction of sp³-hybridized carbons (Fsp3) is 0.706. The van der Waals surface area contributed by atoms with Gasteiger partial charge in [-0.25, -0.2) is 4.79 Å². The van der Waals surface area contributed by atoms with Crippen LogP contribution in [0.4, 0.5) is 4.39 Å². The van der Waals surface area contributed by atoms with E-state index in [-0.39, 0.29) is 12.8 Å². The van der Waals surface area contributed by atoms with Crippen LogP contribution in [-0.4, -0.2) is 39.4 Å². The molecule has 0 aromatic carbocycles. The molecule has 1 unspecified atom stereocenters. The van der Waals surface area contributed by atoms with E-state index in [1.807, 2.05) is 4.98 Å². The number of aromatic amines is 1. The number of unbranched alkanes of at least 4 members (excludes halogenated alkanes) is 4. The molecule has 3 atom stereocenters. The SMILES string of the molecule is CCCCCCCC(=O)OC1C[C@@H](n2cc(F)c(=O)[nH]c2=O)O[C@H]1CO. The second-order valence-electron chi connectivity index (χ2n) is 6.38. The topological polar surface area (TPSA) is 111 Å². The Hall–Kier alpha value is -2.00. The Balaban J connectivity index is 1.94. The van der Waals surface area contributed by atoms with E-state index in [0.29, 0.717) is 0 Å². The molecule has 2 rings (SSSR count). The summed E-state index contributed by atoms with van der Waals surface area (Å²) < 4.78 is 25.2. The number of H-pyrrole nitrogens is 1. The molecule has 0 radical (unpaired) electrons. The molecule has 9 heteroatoms. The first kappa shape index (κ1) is 20.3. The highest BCUT2D eigenvalue weighted by molar-refractivity contribution is 5.69. The first-order valence-electron chi connectivity index (χ1n) is 8.93. The smallest absolute Gasteiger partial charge is 0.330 e. The Kier molecular flexibility index (Phi) is 7.52. The van der Waals surface area contributed by atoms with Gasteiger partial charge >= 0.3 is 11.7 Å². The molecule has 1 aliphatic heterocycles. The van der Waals surface area contributed by atoms with Crippen molar-refractivity contribution < 1.29 is 23.8 Å². The molecule has 1 aliphatic rings. The minimum Gasteiger partial charge on any atom is -0.459 e. The van der Waals surface area contributed by atoms with E-state index in [1.165, 1.54) is 0 Å². The molecule has 0 spiro atoms. The Morgan fingerprint density at radius 1 is 1.38 bits per heavy atom. The lowest BCUT2D eigenvalue weighted by Gasteiger charge is -2.16. The monoisotopic (exact) mass is 372 g/mol. The molecule has 26 heavy (non-hydrogen) atoms. The first-order chi connectivity index (χ1) is 12.5. The maximum absolute atomic E-state index is 13.4. The van der Waals surface area contributed by atoms with Crippen molar-refractivity contribution in [2.45, 2.75) is 70.3 Å². The molecule has 0 aliphatic carbocycles. The highest BCUT2D eigenvalue weighted by atomic mass is 19.1. The standard InChI is InChI=1S/C17H25FN2O6/c1-2-3-4-5-6-7-15(22)26-12-8-14(25-13(12)10-21)20-9-11(18)16(23)19-17(20)24/h9,12-14,21H,2-8,10H2,1H3,(H,19,23,24)/t12?,13-,14-/m0/s1. The molecule has 146 valence electrons. The summed E-state index contributed by atoms with van der Waals surface area (Å²) in [6, 6.07) is 0. The number of hydrogen-bond donors (Lipinski definition) is 2. The summed E-state index contributed by atoms with van der Waals surface area (Å²) in [5, 5.41) is 9.42. The largest absolute Gasteiger partial charge is 0.459 e. The van der Waals surface area contributed by atoms with Crippen LogP contribution in [0.25, 0.3) is 0 Å². The van der Waals surface area contributed by atoms with Gasteiger partial charge in [-0.1, -0.05) is 32.6 Å². The maximum atomic E-state index is 13.4. The highest BCUT2D eigenvalue weighted by Crippen LogP contribution is 2.30. The molecule has 0 amide bonds. The van der Waals surface area contributed by atoms with Gasteiger partial charge < -0.3 is 14.6 Å². The number of rotatable bonds is 9. The number of aliphatic hydroxyl groups is 1. The van der Waals surface area contributed by atoms with Gasteiger partial charge in [-0.2, -0.15) is 4.39 Å². The molecule has 1 saturated heterocycles. The van der Waals surface area contributed by atoms with E-state index < -0.39 is 48.1 Å². The predicted octanol–water partition coefficient (Wildman–Crippen LogP) is 1.23. The molecule has 1 aromatic heterocycles. The van der Waals surface area contributed by atoms with Crippen LogP contribution in [0.5, 0.6) is 0 Å². The summed E-state index contributed by atoms with van der Waals surface area (Å²) in [6.45, 7) is 1.70. The highest BCUT2D eigenvalue weighted by Gasteiger charge is 2.39. The average molecular weight is 372 g/mol. The van der Waals surface area contributed by atoms with Gasteiger partial charge in [0.25, 0.3) is 5.56 Å². The van der Waals surface area contributed by atoms with Crippen LogP contribution in [0.1, 0.15) is 58.1 Å². The summed E-state index contributed by atoms with van der Waals surface area (Å²) in [7, 11) is 0. The number of carbonyl (C=O) groups excluding carboxylic acids is 1. The fourth-order valence-electron chi connectivity index (χ4n) is 2.93. The summed E-state index contributed by atoms with van der Waals surface area (Å²) in [6.07, 6.45) is 3.60. The summed E-state index contributed by atoms with van der Waals surface area (Å²) in [4.78, 5) is 36.7. The van der Waals surface area contributed by atoms with Crippen molar-refractivity contribution >= 4 is 5.97 Å². The van der Waals surface area contributed by atoms with Crippen molar-refractivity contribution in [3.8, 4) is 0 Å². The second-order valence-corrected chi connectivity index (χ2v) is 6.38. The van der Waals surface area contributed by atoms with Gasteiger partial charge in [-0.15, -0.1) is 0 Å². The lowest BCUT2D eigenvalue weighted by atomic mass is 10.1. The molecule has 2 heterocycles. The molecule has 8 nitrogen and oxygen atoms in total. The van der Waals surface area contributed by atoms with Crippen LogP contribution in [0.2, 0.25) is 0 Å². The first-order valence-corrected chi connectivity index (χ1v) is 8.93. The van der Waals surface area contributed by atoms with Gasteiger partial charge in [0.1, 0.15) is 18.4 Å². The molecule has 0 saturated carbocycles. The Morgan fingerprint density at radius 2 is 2.12 bits per heavy atom. The second kappa shape index (κ2) is 9.63. The number of nitrogens with zero attached hydrogens (tertiary/aromatic N) is 1. The zero-order valence-electron chi connectivity index (χ0n) is 14.8. The summed E-state index contributed by atoms with van der Waals surface area (Å²) >= 11 is 0. The number of aromatic nitrogens is 2. The summed E-state index contributed by atoms with van der Waals surface area (Å²) in [5.41, 5.74) is -1.95. The van der Waals surface area contributed by atoms with Gasteiger partial charge in [-0.05, 0) is 6.42 Å². The Morgan fingerprint density at radius 3 is 2.81 bits per heavy atom. The fourth-order valence-corrected chi connectivity index (χ4v) is 2.93. The lowest BCUT2D eigenvalue weighted by molar-refractivity contribution is -0.153. The number of ether oxygens (including phenoxy) is 2. The molecule has 1 fully saturated rings. The van der Waals surface area contributed by atoms with Gasteiger partial charge in [-0.3, -0.25) is 19.1 Å². The van der Waals surface area contributed by atoms with Crippen molar-refractivity contribution in [2.24, 2.45) is 0 Å². The quantitative estimate of drug-likeness (QED) is 0.498. The third-order valence-corrected chi connectivity index (χ3v) is 4.36. The van der Waals surface area contributed by atoms with Crippen LogP contribution >= 0.6 is 0 Å². The number of nitrogens with one attached hydrogen (secondary N) is 1. The Labute approximate surface area is 149 Å². The van der Waals surface area contributed by atoms with Crippen molar-refractivity contribution in [3.63, 3.8) is 0 Å². The lowest BCUT2D eigenvalue weighted by Crippen LogP contribution is -2.34. The molecule has 0 bridgehead atoms. The number of hydrogen-bond acceptors (Lipinski definition) is 6. The maximum Gasteiger partial charge on any atom is 0.330 e. The van der Waals surface area contributed by atoms with Crippen molar-refractivity contribution in [1.82, 2.24) is 9.55 Å². The van der Waals surface area contributed by atoms with E-state index in [0.717, 1.165) is 42.9 Å². The van der Waals surface area contributed by atoms with Crippen LogP contribution < -0.4 is 11.2 Å². The summed E-state index contributed by atoms with van der Waals surface area (Å²) in [5.74, 6) is -1.52. The van der Waals surface area contributed by atoms with Crippen molar-refractivity contribution in [3.05, 3.63) is 32.9 Å².